The van der Waals surface area contributed by atoms with Crippen LogP contribution in [0.4, 0.5) is 0 Å². The summed E-state index contributed by atoms with van der Waals surface area (Å²) in [6.45, 7) is 0. The van der Waals surface area contributed by atoms with E-state index in [1.807, 2.05) is 0 Å². The molecule has 0 radical (unpaired) electrons. The van der Waals surface area contributed by atoms with Gasteiger partial charge in [-0.1, -0.05) is 0 Å². The van der Waals surface area contributed by atoms with Crippen LogP contribution < -0.4 is 0 Å². The summed E-state index contributed by atoms with van der Waals surface area (Å²) in [5.41, 5.74) is 0. The van der Waals surface area contributed by atoms with E-state index in [0.29, 0.717) is 8.24 Å². The van der Waals surface area contributed by atoms with Crippen LogP contribution in [0.25, 0.3) is 0 Å². The molecule has 6 heteroatoms. The molecule has 0 aromatic carbocycles. The maximum absolute atomic E-state index is 9.60. The molecule has 0 spiro atoms. The van der Waals surface area contributed by atoms with E-state index in [2.05, 4.69) is 14.4 Å². The predicted octanol–water partition coefficient (Wildman–Crippen LogP) is -0.702. The van der Waals surface area contributed by atoms with Crippen molar-refractivity contribution in [2.24, 2.45) is 0 Å². The molecule has 0 saturated heterocycles. The van der Waals surface area contributed by atoms with Crippen LogP contribution in [-0.4, -0.2) is 27.7 Å². The quantitative estimate of drug-likeness (QED) is 0.500. The fourth-order valence-electron chi connectivity index (χ4n) is 0. The van der Waals surface area contributed by atoms with Crippen LogP contribution >= 0.6 is 0 Å². The molecule has 0 aliphatic carbocycles. The first-order valence-electron chi connectivity index (χ1n) is 0.865. The van der Waals surface area contributed by atoms with E-state index in [4.69, 9.17) is 9.11 Å². The molecular formula is H2O3S2Se. The standard InChI is InChI=1S/H2O3S2Se/c1-5(2,3)4-6/h(H2,1,2,3). The van der Waals surface area contributed by atoms with Crippen LogP contribution in [0.5, 0.6) is 0 Å². The first kappa shape index (κ1) is 6.81. The maximum atomic E-state index is 9.60. The molecule has 2 N–H and O–H groups in total. The van der Waals surface area contributed by atoms with Crippen LogP contribution in [-0.2, 0) is 17.3 Å². The van der Waals surface area contributed by atoms with E-state index in [9.17, 15) is 4.21 Å². The van der Waals surface area contributed by atoms with E-state index in [1.165, 1.54) is 0 Å². The topological polar surface area (TPSA) is 57.5 Å². The molecule has 0 fully saturated rings. The average molecular weight is 193 g/mol. The van der Waals surface area contributed by atoms with Gasteiger partial charge < -0.3 is 0 Å². The van der Waals surface area contributed by atoms with Crippen molar-refractivity contribution >= 4 is 31.7 Å². The Bertz CT molecular complexity index is 150. The van der Waals surface area contributed by atoms with Gasteiger partial charge in [0.15, 0.2) is 0 Å². The monoisotopic (exact) mass is 194 g/mol. The van der Waals surface area contributed by atoms with Crippen molar-refractivity contribution in [2.45, 2.75) is 0 Å². The first-order valence-corrected chi connectivity index (χ1v) is 5.69. The van der Waals surface area contributed by atoms with Crippen LogP contribution in [0.3, 0.4) is 0 Å². The summed E-state index contributed by atoms with van der Waals surface area (Å²) in [6.07, 6.45) is 0. The molecular weight excluding hydrogens is 191 g/mol. The molecule has 0 unspecified atom stereocenters. The van der Waals surface area contributed by atoms with E-state index in [1.54, 1.807) is 0 Å². The zero-order valence-corrected chi connectivity index (χ0v) is 5.87. The second-order valence-corrected chi connectivity index (χ2v) is 5.83. The van der Waals surface area contributed by atoms with Crippen molar-refractivity contribution in [1.29, 1.82) is 0 Å². The van der Waals surface area contributed by atoms with Gasteiger partial charge in [0.25, 0.3) is 0 Å². The van der Waals surface area contributed by atoms with Crippen LogP contribution in [0, 0.1) is 0 Å². The fraction of sp³-hybridized carbons (Fsp3) is 0. The van der Waals surface area contributed by atoms with Gasteiger partial charge in [-0.2, -0.15) is 0 Å². The number of hydrogen-bond acceptors (Lipinski definition) is 1. The summed E-state index contributed by atoms with van der Waals surface area (Å²) in [5, 5.41) is 0. The van der Waals surface area contributed by atoms with E-state index < -0.39 is 9.05 Å². The minimum atomic E-state index is -3.55. The molecule has 0 rings (SSSR count). The van der Waals surface area contributed by atoms with Gasteiger partial charge in [-0.3, -0.25) is 0 Å². The van der Waals surface area contributed by atoms with Crippen molar-refractivity contribution in [2.75, 3.05) is 0 Å². The third-order valence-corrected chi connectivity index (χ3v) is 4.15. The molecule has 0 bridgehead atoms. The second kappa shape index (κ2) is 2.20. The molecule has 6 heavy (non-hydrogen) atoms. The van der Waals surface area contributed by atoms with Crippen molar-refractivity contribution in [3.63, 3.8) is 0 Å². The number of hydrogen-bond donors (Lipinski definition) is 2. The van der Waals surface area contributed by atoms with Crippen LogP contribution in [0.2, 0.25) is 0 Å². The molecule has 0 atom stereocenters. The van der Waals surface area contributed by atoms with Gasteiger partial charge >= 0.3 is 45.0 Å². The van der Waals surface area contributed by atoms with Crippen molar-refractivity contribution in [3.05, 3.63) is 0 Å². The number of rotatable bonds is 0. The first-order chi connectivity index (χ1) is 2.56. The summed E-state index contributed by atoms with van der Waals surface area (Å²) < 4.78 is 25.3. The molecule has 0 aromatic heterocycles. The summed E-state index contributed by atoms with van der Waals surface area (Å²) in [4.78, 5) is 0. The fourth-order valence-corrected chi connectivity index (χ4v) is 0. The Morgan fingerprint density at radius 2 is 1.83 bits per heavy atom. The Kier molecular flexibility index (Phi) is 2.50. The molecule has 38 valence electrons. The third kappa shape index (κ3) is 4.81. The van der Waals surface area contributed by atoms with Gasteiger partial charge in [-0.05, 0) is 0 Å². The predicted molar refractivity (Wildman–Crippen MR) is 26.5 cm³/mol. The SMILES string of the molecule is O=S(O)(O)=S=[Se]. The Balaban J connectivity index is 4.75. The van der Waals surface area contributed by atoms with Gasteiger partial charge in [-0.25, -0.2) is 0 Å². The van der Waals surface area contributed by atoms with E-state index in [-0.39, 0.29) is 0 Å². The molecule has 0 aliphatic heterocycles. The van der Waals surface area contributed by atoms with Gasteiger partial charge in [0.1, 0.15) is 0 Å². The molecule has 0 amide bonds. The molecule has 3 nitrogen and oxygen atoms in total. The van der Waals surface area contributed by atoms with Crippen molar-refractivity contribution < 1.29 is 13.3 Å². The Morgan fingerprint density at radius 3 is 1.83 bits per heavy atom. The Labute approximate surface area is 45.3 Å². The second-order valence-electron chi connectivity index (χ2n) is 0.516. The summed E-state index contributed by atoms with van der Waals surface area (Å²) in [5.74, 6) is 0. The van der Waals surface area contributed by atoms with E-state index in [0.717, 1.165) is 0 Å². The Hall–Kier alpha value is 0.809. The summed E-state index contributed by atoms with van der Waals surface area (Å²) in [7, 11) is -3.16. The normalized spacial score (nSPS) is 11.0. The van der Waals surface area contributed by atoms with E-state index >= 15 is 0 Å². The van der Waals surface area contributed by atoms with Crippen molar-refractivity contribution in [3.8, 4) is 0 Å². The average Bonchev–Trinajstić information content (AvgIpc) is 1.35. The molecule has 0 heterocycles. The summed E-state index contributed by atoms with van der Waals surface area (Å²) in [6, 6.07) is 0. The van der Waals surface area contributed by atoms with Crippen LogP contribution in [0.1, 0.15) is 0 Å². The van der Waals surface area contributed by atoms with Gasteiger partial charge in [0.05, 0.1) is 0 Å². The van der Waals surface area contributed by atoms with Gasteiger partial charge in [0, 0.05) is 0 Å². The molecule has 0 aromatic rings. The minimum absolute atomic E-state index is 0.396. The third-order valence-electron chi connectivity index (χ3n) is 0.0886. The Morgan fingerprint density at radius 1 is 1.67 bits per heavy atom. The zero-order chi connectivity index (χ0) is 5.21. The molecule has 0 saturated carbocycles. The molecule has 0 aliphatic rings. The van der Waals surface area contributed by atoms with Crippen LogP contribution in [0.15, 0.2) is 0 Å². The zero-order valence-electron chi connectivity index (χ0n) is 2.53. The van der Waals surface area contributed by atoms with Crippen molar-refractivity contribution in [1.82, 2.24) is 0 Å². The van der Waals surface area contributed by atoms with Gasteiger partial charge in [-0.15, -0.1) is 0 Å². The van der Waals surface area contributed by atoms with Gasteiger partial charge in [0.2, 0.25) is 0 Å². The summed E-state index contributed by atoms with van der Waals surface area (Å²) >= 11 is 2.12.